The normalized spacial score (nSPS) is 24.5. The van der Waals surface area contributed by atoms with Gasteiger partial charge in [-0.15, -0.1) is 0 Å². The van der Waals surface area contributed by atoms with Gasteiger partial charge in [-0.05, 0) is 24.8 Å². The Labute approximate surface area is 150 Å². The van der Waals surface area contributed by atoms with Crippen LogP contribution in [0.1, 0.15) is 24.8 Å². The number of rotatable bonds is 4. The lowest BCUT2D eigenvalue weighted by Crippen LogP contribution is -2.41. The van der Waals surface area contributed by atoms with Crippen LogP contribution in [0.25, 0.3) is 5.82 Å². The molecule has 1 aliphatic carbocycles. The highest BCUT2D eigenvalue weighted by molar-refractivity contribution is 5.80. The molecule has 26 heavy (non-hydrogen) atoms. The number of urea groups is 1. The molecule has 1 saturated heterocycles. The van der Waals surface area contributed by atoms with Crippen LogP contribution in [0.4, 0.5) is 4.79 Å². The van der Waals surface area contributed by atoms with Crippen molar-refractivity contribution in [2.75, 3.05) is 13.1 Å². The highest BCUT2D eigenvalue weighted by Gasteiger charge is 2.55. The molecule has 2 aromatic rings. The molecular formula is C18H21N5O3. The largest absolute Gasteiger partial charge is 0.481 e. The lowest BCUT2D eigenvalue weighted by atomic mass is 9.81. The van der Waals surface area contributed by atoms with Gasteiger partial charge in [-0.2, -0.15) is 0 Å². The van der Waals surface area contributed by atoms with E-state index in [9.17, 15) is 14.7 Å². The molecule has 0 aromatic carbocycles. The molecule has 2 aliphatic rings. The average Bonchev–Trinajstić information content (AvgIpc) is 3.35. The van der Waals surface area contributed by atoms with Crippen molar-refractivity contribution in [3.63, 3.8) is 0 Å². The number of carbonyl (C=O) groups is 2. The van der Waals surface area contributed by atoms with Crippen LogP contribution in [-0.4, -0.2) is 49.6 Å². The fraction of sp³-hybridized carbons (Fsp3) is 0.444. The molecule has 8 nitrogen and oxygen atoms in total. The Hall–Kier alpha value is -2.90. The van der Waals surface area contributed by atoms with Crippen LogP contribution >= 0.6 is 0 Å². The van der Waals surface area contributed by atoms with Gasteiger partial charge >= 0.3 is 12.0 Å². The molecule has 0 unspecified atom stereocenters. The number of pyridine rings is 1. The van der Waals surface area contributed by atoms with Crippen molar-refractivity contribution < 1.29 is 14.7 Å². The number of aliphatic carboxylic acids is 1. The van der Waals surface area contributed by atoms with Crippen molar-refractivity contribution in [2.24, 2.45) is 11.3 Å². The maximum absolute atomic E-state index is 12.6. The number of hydrogen-bond acceptors (Lipinski definition) is 4. The topological polar surface area (TPSA) is 100 Å². The zero-order valence-corrected chi connectivity index (χ0v) is 14.3. The van der Waals surface area contributed by atoms with E-state index in [0.29, 0.717) is 31.9 Å². The first-order chi connectivity index (χ1) is 12.6. The SMILES string of the molecule is O=C(NCc1cccnc1-n1ccnc1)N1C[C@@H]2CCC[C@@]2(C(=O)O)C1. The molecule has 2 N–H and O–H groups in total. The van der Waals surface area contributed by atoms with Crippen molar-refractivity contribution in [3.05, 3.63) is 42.6 Å². The van der Waals surface area contributed by atoms with Crippen LogP contribution in [-0.2, 0) is 11.3 Å². The summed E-state index contributed by atoms with van der Waals surface area (Å²) < 4.78 is 1.79. The van der Waals surface area contributed by atoms with Gasteiger partial charge in [-0.25, -0.2) is 14.8 Å². The lowest BCUT2D eigenvalue weighted by Gasteiger charge is -2.23. The summed E-state index contributed by atoms with van der Waals surface area (Å²) in [5, 5.41) is 12.6. The molecule has 4 rings (SSSR count). The second-order valence-electron chi connectivity index (χ2n) is 7.05. The molecule has 136 valence electrons. The first-order valence-electron chi connectivity index (χ1n) is 8.78. The molecule has 0 bridgehead atoms. The number of nitrogens with zero attached hydrogens (tertiary/aromatic N) is 4. The van der Waals surface area contributed by atoms with Crippen LogP contribution in [0.5, 0.6) is 0 Å². The third-order valence-electron chi connectivity index (χ3n) is 5.63. The van der Waals surface area contributed by atoms with Gasteiger partial charge in [0.05, 0.1) is 5.41 Å². The number of carboxylic acid groups (broad SMARTS) is 1. The van der Waals surface area contributed by atoms with Gasteiger partial charge in [0.2, 0.25) is 0 Å². The average molecular weight is 355 g/mol. The van der Waals surface area contributed by atoms with Crippen molar-refractivity contribution in [1.29, 1.82) is 0 Å². The van der Waals surface area contributed by atoms with Crippen LogP contribution in [0, 0.1) is 11.3 Å². The zero-order valence-electron chi connectivity index (χ0n) is 14.3. The number of imidazole rings is 1. The number of likely N-dealkylation sites (tertiary alicyclic amines) is 1. The summed E-state index contributed by atoms with van der Waals surface area (Å²) in [6, 6.07) is 3.50. The molecule has 2 atom stereocenters. The van der Waals surface area contributed by atoms with E-state index in [4.69, 9.17) is 0 Å². The summed E-state index contributed by atoms with van der Waals surface area (Å²) in [7, 11) is 0. The van der Waals surface area contributed by atoms with Gasteiger partial charge in [0.25, 0.3) is 0 Å². The van der Waals surface area contributed by atoms with Gasteiger partial charge in [-0.1, -0.05) is 12.5 Å². The van der Waals surface area contributed by atoms with E-state index in [0.717, 1.165) is 18.4 Å². The Balaban J connectivity index is 1.44. The minimum Gasteiger partial charge on any atom is -0.481 e. The molecule has 2 aromatic heterocycles. The standard InChI is InChI=1S/C18H21N5O3/c24-16(25)18-5-1-4-14(18)10-23(11-18)17(26)21-9-13-3-2-6-20-15(13)22-8-7-19-12-22/h2-3,6-8,12,14H,1,4-5,9-11H2,(H,21,26)(H,24,25)/t14-,18+/m0/s1. The van der Waals surface area contributed by atoms with Gasteiger partial charge < -0.3 is 15.3 Å². The van der Waals surface area contributed by atoms with E-state index in [2.05, 4.69) is 15.3 Å². The van der Waals surface area contributed by atoms with Gasteiger partial charge in [0, 0.05) is 43.8 Å². The molecule has 0 radical (unpaired) electrons. The molecule has 1 saturated carbocycles. The third kappa shape index (κ3) is 2.71. The smallest absolute Gasteiger partial charge is 0.317 e. The molecule has 1 aliphatic heterocycles. The van der Waals surface area contributed by atoms with E-state index in [1.54, 1.807) is 34.4 Å². The highest BCUT2D eigenvalue weighted by Crippen LogP contribution is 2.48. The predicted molar refractivity (Wildman–Crippen MR) is 92.6 cm³/mol. The molecular weight excluding hydrogens is 334 g/mol. The fourth-order valence-electron chi connectivity index (χ4n) is 4.26. The van der Waals surface area contributed by atoms with Crippen LogP contribution < -0.4 is 5.32 Å². The monoisotopic (exact) mass is 355 g/mol. The maximum Gasteiger partial charge on any atom is 0.317 e. The number of amides is 2. The summed E-state index contributed by atoms with van der Waals surface area (Å²) in [6.07, 6.45) is 9.28. The Morgan fingerprint density at radius 1 is 1.38 bits per heavy atom. The second kappa shape index (κ2) is 6.44. The summed E-state index contributed by atoms with van der Waals surface area (Å²) in [5.74, 6) is 0.00111. The fourth-order valence-corrected chi connectivity index (χ4v) is 4.26. The van der Waals surface area contributed by atoms with Crippen molar-refractivity contribution in [1.82, 2.24) is 24.8 Å². The molecule has 0 spiro atoms. The van der Waals surface area contributed by atoms with Crippen molar-refractivity contribution >= 4 is 12.0 Å². The minimum atomic E-state index is -0.773. The lowest BCUT2D eigenvalue weighted by molar-refractivity contribution is -0.149. The highest BCUT2D eigenvalue weighted by atomic mass is 16.4. The molecule has 2 amide bonds. The van der Waals surface area contributed by atoms with E-state index < -0.39 is 11.4 Å². The van der Waals surface area contributed by atoms with Crippen LogP contribution in [0.15, 0.2) is 37.1 Å². The number of aromatic nitrogens is 3. The van der Waals surface area contributed by atoms with Gasteiger partial charge in [0.1, 0.15) is 12.1 Å². The summed E-state index contributed by atoms with van der Waals surface area (Å²) in [6.45, 7) is 1.13. The van der Waals surface area contributed by atoms with Crippen LogP contribution in [0.3, 0.4) is 0 Å². The summed E-state index contributed by atoms with van der Waals surface area (Å²) >= 11 is 0. The minimum absolute atomic E-state index is 0.0608. The van der Waals surface area contributed by atoms with Gasteiger partial charge in [-0.3, -0.25) is 9.36 Å². The second-order valence-corrected chi connectivity index (χ2v) is 7.05. The zero-order chi connectivity index (χ0) is 18.1. The first-order valence-corrected chi connectivity index (χ1v) is 8.78. The number of nitrogens with one attached hydrogen (secondary N) is 1. The van der Waals surface area contributed by atoms with E-state index in [1.807, 2.05) is 12.1 Å². The molecule has 8 heteroatoms. The number of hydrogen-bond donors (Lipinski definition) is 2. The Morgan fingerprint density at radius 3 is 3.00 bits per heavy atom. The van der Waals surface area contributed by atoms with E-state index >= 15 is 0 Å². The van der Waals surface area contributed by atoms with Crippen molar-refractivity contribution in [3.8, 4) is 5.82 Å². The Bertz CT molecular complexity index is 822. The third-order valence-corrected chi connectivity index (χ3v) is 5.63. The number of carbonyl (C=O) groups excluding carboxylic acids is 1. The Kier molecular flexibility index (Phi) is 4.10. The Morgan fingerprint density at radius 2 is 2.27 bits per heavy atom. The number of carboxylic acids is 1. The van der Waals surface area contributed by atoms with E-state index in [-0.39, 0.29) is 11.9 Å². The molecule has 3 heterocycles. The van der Waals surface area contributed by atoms with E-state index in [1.165, 1.54) is 0 Å². The first kappa shape index (κ1) is 16.6. The van der Waals surface area contributed by atoms with Gasteiger partial charge in [0.15, 0.2) is 0 Å². The van der Waals surface area contributed by atoms with Crippen molar-refractivity contribution in [2.45, 2.75) is 25.8 Å². The van der Waals surface area contributed by atoms with Crippen LogP contribution in [0.2, 0.25) is 0 Å². The summed E-state index contributed by atoms with van der Waals surface area (Å²) in [4.78, 5) is 34.4. The predicted octanol–water partition coefficient (Wildman–Crippen LogP) is 1.66. The number of fused-ring (bicyclic) bond motifs is 1. The summed E-state index contributed by atoms with van der Waals surface area (Å²) in [5.41, 5.74) is 0.111. The quantitative estimate of drug-likeness (QED) is 0.869. The molecule has 2 fully saturated rings. The maximum atomic E-state index is 12.6.